The van der Waals surface area contributed by atoms with Gasteiger partial charge in [0.1, 0.15) is 28.5 Å². The summed E-state index contributed by atoms with van der Waals surface area (Å²) in [5, 5.41) is 15.8. The Bertz CT molecular complexity index is 668. The average Bonchev–Trinajstić information content (AvgIpc) is 2.44. The third kappa shape index (κ3) is 3.18. The molecule has 0 unspecified atom stereocenters. The second-order valence-corrected chi connectivity index (χ2v) is 5.07. The van der Waals surface area contributed by atoms with Gasteiger partial charge in [-0.2, -0.15) is 5.26 Å². The molecule has 0 radical (unpaired) electrons. The molecule has 0 atom stereocenters. The summed E-state index contributed by atoms with van der Waals surface area (Å²) >= 11 is 9.39. The van der Waals surface area contributed by atoms with E-state index in [1.807, 2.05) is 6.92 Å². The zero-order chi connectivity index (χ0) is 14.5. The van der Waals surface area contributed by atoms with Crippen molar-refractivity contribution in [2.75, 3.05) is 17.2 Å². The molecule has 0 saturated carbocycles. The molecule has 1 aromatic heterocycles. The Morgan fingerprint density at radius 1 is 1.35 bits per heavy atom. The van der Waals surface area contributed by atoms with Gasteiger partial charge in [-0.05, 0) is 41.1 Å². The van der Waals surface area contributed by atoms with Crippen molar-refractivity contribution in [1.29, 1.82) is 5.26 Å². The van der Waals surface area contributed by atoms with E-state index in [0.717, 1.165) is 6.54 Å². The molecular weight excluding hydrogens is 342 g/mol. The van der Waals surface area contributed by atoms with Crippen molar-refractivity contribution in [2.45, 2.75) is 6.92 Å². The lowest BCUT2D eigenvalue weighted by Gasteiger charge is -2.12. The third-order valence-corrected chi connectivity index (χ3v) is 3.48. The normalized spacial score (nSPS) is 9.90. The zero-order valence-electron chi connectivity index (χ0n) is 10.6. The molecule has 0 aliphatic heterocycles. The topological polar surface area (TPSA) is 73.6 Å². The van der Waals surface area contributed by atoms with Crippen molar-refractivity contribution in [3.63, 3.8) is 0 Å². The fourth-order valence-electron chi connectivity index (χ4n) is 1.59. The quantitative estimate of drug-likeness (QED) is 0.872. The van der Waals surface area contributed by atoms with Gasteiger partial charge in [0.25, 0.3) is 0 Å². The zero-order valence-corrected chi connectivity index (χ0v) is 13.0. The van der Waals surface area contributed by atoms with E-state index in [1.165, 1.54) is 6.33 Å². The van der Waals surface area contributed by atoms with Gasteiger partial charge in [-0.1, -0.05) is 11.6 Å². The molecule has 2 rings (SSSR count). The van der Waals surface area contributed by atoms with Gasteiger partial charge in [0, 0.05) is 11.6 Å². The highest BCUT2D eigenvalue weighted by Gasteiger charge is 2.10. The molecule has 20 heavy (non-hydrogen) atoms. The van der Waals surface area contributed by atoms with Crippen LogP contribution in [0.5, 0.6) is 0 Å². The van der Waals surface area contributed by atoms with Crippen LogP contribution in [0.4, 0.5) is 17.3 Å². The van der Waals surface area contributed by atoms with E-state index in [1.54, 1.807) is 18.2 Å². The lowest BCUT2D eigenvalue weighted by Crippen LogP contribution is -2.04. The lowest BCUT2D eigenvalue weighted by molar-refractivity contribution is 1.10. The van der Waals surface area contributed by atoms with E-state index in [9.17, 15) is 0 Å². The fourth-order valence-corrected chi connectivity index (χ4v) is 2.21. The van der Waals surface area contributed by atoms with E-state index < -0.39 is 0 Å². The van der Waals surface area contributed by atoms with Gasteiger partial charge in [0.05, 0.1) is 11.3 Å². The monoisotopic (exact) mass is 351 g/mol. The first-order chi connectivity index (χ1) is 9.65. The minimum absolute atomic E-state index is 0.491. The summed E-state index contributed by atoms with van der Waals surface area (Å²) in [6.45, 7) is 2.72. The van der Waals surface area contributed by atoms with E-state index in [2.05, 4.69) is 42.6 Å². The van der Waals surface area contributed by atoms with Gasteiger partial charge in [-0.25, -0.2) is 9.97 Å². The van der Waals surface area contributed by atoms with Crippen molar-refractivity contribution in [1.82, 2.24) is 9.97 Å². The standard InChI is InChI=1S/C13H11BrClN5/c1-2-17-12-11(14)13(19-7-18-12)20-10-5-9(15)4-3-8(10)6-16/h3-5,7H,2H2,1H3,(H2,17,18,19,20). The summed E-state index contributed by atoms with van der Waals surface area (Å²) in [4.78, 5) is 8.29. The lowest BCUT2D eigenvalue weighted by atomic mass is 10.2. The molecule has 0 amide bonds. The highest BCUT2D eigenvalue weighted by Crippen LogP contribution is 2.30. The Morgan fingerprint density at radius 3 is 2.80 bits per heavy atom. The Morgan fingerprint density at radius 2 is 2.10 bits per heavy atom. The molecule has 1 aromatic carbocycles. The van der Waals surface area contributed by atoms with Gasteiger partial charge < -0.3 is 10.6 Å². The van der Waals surface area contributed by atoms with Gasteiger partial charge >= 0.3 is 0 Å². The van der Waals surface area contributed by atoms with Crippen LogP contribution in [0.15, 0.2) is 29.0 Å². The van der Waals surface area contributed by atoms with Crippen LogP contribution in [0.25, 0.3) is 0 Å². The highest BCUT2D eigenvalue weighted by molar-refractivity contribution is 9.10. The maximum atomic E-state index is 9.11. The first kappa shape index (κ1) is 14.6. The van der Waals surface area contributed by atoms with Crippen molar-refractivity contribution in [2.24, 2.45) is 0 Å². The van der Waals surface area contributed by atoms with Crippen LogP contribution >= 0.6 is 27.5 Å². The summed E-state index contributed by atoms with van der Waals surface area (Å²) in [5.74, 6) is 1.25. The first-order valence-corrected chi connectivity index (χ1v) is 7.03. The van der Waals surface area contributed by atoms with Gasteiger partial charge in [-0.3, -0.25) is 0 Å². The molecule has 2 aromatic rings. The molecule has 0 aliphatic rings. The number of aromatic nitrogens is 2. The summed E-state index contributed by atoms with van der Waals surface area (Å²) in [6.07, 6.45) is 1.45. The number of hydrogen-bond donors (Lipinski definition) is 2. The molecule has 0 bridgehead atoms. The number of nitrogens with one attached hydrogen (secondary N) is 2. The van der Waals surface area contributed by atoms with E-state index >= 15 is 0 Å². The van der Waals surface area contributed by atoms with Crippen LogP contribution in [-0.4, -0.2) is 16.5 Å². The van der Waals surface area contributed by atoms with Crippen LogP contribution in [-0.2, 0) is 0 Å². The second-order valence-electron chi connectivity index (χ2n) is 3.84. The van der Waals surface area contributed by atoms with Gasteiger partial charge in [0.2, 0.25) is 0 Å². The van der Waals surface area contributed by atoms with Crippen LogP contribution in [0.2, 0.25) is 5.02 Å². The average molecular weight is 353 g/mol. The smallest absolute Gasteiger partial charge is 0.150 e. The molecule has 0 saturated heterocycles. The number of anilines is 3. The first-order valence-electron chi connectivity index (χ1n) is 5.86. The van der Waals surface area contributed by atoms with E-state index in [0.29, 0.717) is 32.4 Å². The van der Waals surface area contributed by atoms with Crippen molar-refractivity contribution in [3.05, 3.63) is 39.6 Å². The molecule has 0 spiro atoms. The van der Waals surface area contributed by atoms with Crippen molar-refractivity contribution < 1.29 is 0 Å². The molecule has 0 aliphatic carbocycles. The number of rotatable bonds is 4. The molecule has 7 heteroatoms. The summed E-state index contributed by atoms with van der Waals surface area (Å²) in [6, 6.07) is 7.12. The van der Waals surface area contributed by atoms with Gasteiger partial charge in [-0.15, -0.1) is 0 Å². The fraction of sp³-hybridized carbons (Fsp3) is 0.154. The Labute approximate surface area is 130 Å². The van der Waals surface area contributed by atoms with Crippen molar-refractivity contribution in [3.8, 4) is 6.07 Å². The molecular formula is C13H11BrClN5. The molecule has 1 heterocycles. The van der Waals surface area contributed by atoms with Crippen molar-refractivity contribution >= 4 is 44.9 Å². The second kappa shape index (κ2) is 6.55. The van der Waals surface area contributed by atoms with Crippen LogP contribution < -0.4 is 10.6 Å². The Kier molecular flexibility index (Phi) is 4.77. The number of nitrogens with zero attached hydrogens (tertiary/aromatic N) is 3. The minimum atomic E-state index is 0.491. The largest absolute Gasteiger partial charge is 0.369 e. The number of halogens is 2. The molecule has 2 N–H and O–H groups in total. The third-order valence-electron chi connectivity index (χ3n) is 2.49. The summed E-state index contributed by atoms with van der Waals surface area (Å²) in [7, 11) is 0. The predicted molar refractivity (Wildman–Crippen MR) is 83.3 cm³/mol. The maximum Gasteiger partial charge on any atom is 0.150 e. The molecule has 5 nitrogen and oxygen atoms in total. The Hall–Kier alpha value is -1.84. The maximum absolute atomic E-state index is 9.11. The van der Waals surface area contributed by atoms with E-state index in [-0.39, 0.29) is 0 Å². The summed E-state index contributed by atoms with van der Waals surface area (Å²) < 4.78 is 0.700. The number of hydrogen-bond acceptors (Lipinski definition) is 5. The number of benzene rings is 1. The molecule has 102 valence electrons. The van der Waals surface area contributed by atoms with Crippen LogP contribution in [0.1, 0.15) is 12.5 Å². The SMILES string of the molecule is CCNc1ncnc(Nc2cc(Cl)ccc2C#N)c1Br. The predicted octanol–water partition coefficient (Wildman–Crippen LogP) is 3.94. The molecule has 0 fully saturated rings. The summed E-state index contributed by atoms with van der Waals surface area (Å²) in [5.41, 5.74) is 1.09. The van der Waals surface area contributed by atoms with E-state index in [4.69, 9.17) is 16.9 Å². The van der Waals surface area contributed by atoms with Crippen LogP contribution in [0, 0.1) is 11.3 Å². The minimum Gasteiger partial charge on any atom is -0.369 e. The van der Waals surface area contributed by atoms with Crippen LogP contribution in [0.3, 0.4) is 0 Å². The highest BCUT2D eigenvalue weighted by atomic mass is 79.9. The number of nitriles is 1. The van der Waals surface area contributed by atoms with Gasteiger partial charge in [0.15, 0.2) is 0 Å². The Balaban J connectivity index is 2.38.